The Bertz CT molecular complexity index is 803. The summed E-state index contributed by atoms with van der Waals surface area (Å²) in [7, 11) is 0. The van der Waals surface area contributed by atoms with Crippen molar-refractivity contribution in [1.82, 2.24) is 10.2 Å². The fraction of sp³-hybridized carbons (Fsp3) is 0.522. The number of allylic oxidation sites excluding steroid dienone is 2. The van der Waals surface area contributed by atoms with Crippen LogP contribution in [-0.4, -0.2) is 40.3 Å². The fourth-order valence-corrected chi connectivity index (χ4v) is 4.17. The van der Waals surface area contributed by atoms with E-state index in [1.165, 1.54) is 0 Å². The van der Waals surface area contributed by atoms with Crippen molar-refractivity contribution in [3.8, 4) is 0 Å². The third-order valence-corrected chi connectivity index (χ3v) is 5.57. The summed E-state index contributed by atoms with van der Waals surface area (Å²) in [4.78, 5) is 27.7. The average molecular weight is 431 g/mol. The molecule has 1 N–H and O–H groups in total. The zero-order valence-electron chi connectivity index (χ0n) is 17.8. The molecule has 1 aromatic rings. The molecule has 3 atom stereocenters. The average Bonchev–Trinajstić information content (AvgIpc) is 3.04. The van der Waals surface area contributed by atoms with Crippen LogP contribution in [0.4, 0.5) is 4.79 Å². The number of carbonyl (C=O) groups excluding carboxylic acids is 2. The Kier molecular flexibility index (Phi) is 7.13. The first kappa shape index (κ1) is 22.3. The maximum atomic E-state index is 13.7. The highest BCUT2D eigenvalue weighted by molar-refractivity contribution is 7.80. The number of alkyl carbamates (subject to hydrolysis) is 1. The highest BCUT2D eigenvalue weighted by atomic mass is 32.1. The van der Waals surface area contributed by atoms with Gasteiger partial charge < -0.3 is 14.8 Å². The lowest BCUT2D eigenvalue weighted by Gasteiger charge is -2.33. The number of hydrogen-bond acceptors (Lipinski definition) is 5. The maximum Gasteiger partial charge on any atom is 0.407 e. The molecule has 1 aromatic carbocycles. The Labute approximate surface area is 183 Å². The fourth-order valence-electron chi connectivity index (χ4n) is 3.88. The lowest BCUT2D eigenvalue weighted by atomic mass is 9.87. The molecule has 0 bridgehead atoms. The molecule has 1 saturated heterocycles. The molecule has 30 heavy (non-hydrogen) atoms. The van der Waals surface area contributed by atoms with Gasteiger partial charge in [0, 0.05) is 6.04 Å². The van der Waals surface area contributed by atoms with Crippen molar-refractivity contribution < 1.29 is 19.1 Å². The zero-order chi connectivity index (χ0) is 21.7. The van der Waals surface area contributed by atoms with Crippen LogP contribution >= 0.6 is 12.2 Å². The van der Waals surface area contributed by atoms with E-state index in [1.54, 1.807) is 4.90 Å². The highest BCUT2D eigenvalue weighted by Gasteiger charge is 2.42. The van der Waals surface area contributed by atoms with E-state index in [9.17, 15) is 9.59 Å². The molecule has 1 fully saturated rings. The van der Waals surface area contributed by atoms with Crippen molar-refractivity contribution in [1.29, 1.82) is 0 Å². The van der Waals surface area contributed by atoms with Gasteiger partial charge in [0.1, 0.15) is 12.2 Å². The van der Waals surface area contributed by atoms with Gasteiger partial charge in [-0.2, -0.15) is 0 Å². The van der Waals surface area contributed by atoms with Gasteiger partial charge >= 0.3 is 6.09 Å². The first-order valence-corrected chi connectivity index (χ1v) is 10.9. The Morgan fingerprint density at radius 1 is 1.13 bits per heavy atom. The SMILES string of the molecule is CC(C)(C)OC(=O)N[C@@H]1CC/C=C\CC[C@@H]1C(=O)N1C(=S)OC[C@H]1c1ccccc1. The molecule has 0 aromatic heterocycles. The summed E-state index contributed by atoms with van der Waals surface area (Å²) in [6, 6.07) is 9.16. The van der Waals surface area contributed by atoms with Crippen molar-refractivity contribution >= 4 is 29.4 Å². The molecule has 0 spiro atoms. The van der Waals surface area contributed by atoms with Crippen LogP contribution < -0.4 is 5.32 Å². The van der Waals surface area contributed by atoms with Gasteiger partial charge in [-0.3, -0.25) is 9.69 Å². The van der Waals surface area contributed by atoms with E-state index in [4.69, 9.17) is 21.7 Å². The number of hydrogen-bond donors (Lipinski definition) is 1. The second-order valence-corrected chi connectivity index (χ2v) is 9.05. The highest BCUT2D eigenvalue weighted by Crippen LogP contribution is 2.32. The summed E-state index contributed by atoms with van der Waals surface area (Å²) in [6.45, 7) is 5.80. The van der Waals surface area contributed by atoms with Crippen molar-refractivity contribution in [3.63, 3.8) is 0 Å². The van der Waals surface area contributed by atoms with E-state index in [2.05, 4.69) is 17.5 Å². The third-order valence-electron chi connectivity index (χ3n) is 5.26. The zero-order valence-corrected chi connectivity index (χ0v) is 18.6. The summed E-state index contributed by atoms with van der Waals surface area (Å²) in [6.07, 6.45) is 6.51. The standard InChI is InChI=1S/C23H30N2O4S/c1-23(2,3)29-21(27)24-18-14-10-5-4-9-13-17(18)20(26)25-19(15-28-22(25)30)16-11-7-6-8-12-16/h4-8,11-12,17-19H,9-10,13-15H2,1-3H3,(H,24,27)/b5-4-/t17-,18+,19-/m0/s1. The molecule has 2 amide bonds. The minimum Gasteiger partial charge on any atom is -0.468 e. The Hall–Kier alpha value is -2.41. The molecule has 0 unspecified atom stereocenters. The molecule has 2 aliphatic rings. The molecule has 1 heterocycles. The molecule has 0 radical (unpaired) electrons. The number of nitrogens with one attached hydrogen (secondary N) is 1. The monoisotopic (exact) mass is 430 g/mol. The number of carbonyl (C=O) groups is 2. The van der Waals surface area contributed by atoms with E-state index in [0.29, 0.717) is 19.4 Å². The molecule has 0 saturated carbocycles. The van der Waals surface area contributed by atoms with Gasteiger partial charge in [0.2, 0.25) is 5.91 Å². The van der Waals surface area contributed by atoms with Gasteiger partial charge in [0.15, 0.2) is 0 Å². The molecule has 1 aliphatic carbocycles. The maximum absolute atomic E-state index is 13.7. The number of amides is 2. The van der Waals surface area contributed by atoms with Gasteiger partial charge in [0.25, 0.3) is 5.17 Å². The van der Waals surface area contributed by atoms with Crippen LogP contribution in [0, 0.1) is 5.92 Å². The van der Waals surface area contributed by atoms with Crippen LogP contribution in [0.3, 0.4) is 0 Å². The Morgan fingerprint density at radius 2 is 1.80 bits per heavy atom. The van der Waals surface area contributed by atoms with Gasteiger partial charge in [-0.1, -0.05) is 42.5 Å². The molecule has 162 valence electrons. The van der Waals surface area contributed by atoms with Gasteiger partial charge in [0.05, 0.1) is 12.0 Å². The van der Waals surface area contributed by atoms with Gasteiger partial charge in [-0.05, 0) is 64.2 Å². The Morgan fingerprint density at radius 3 is 2.47 bits per heavy atom. The lowest BCUT2D eigenvalue weighted by Crippen LogP contribution is -2.50. The summed E-state index contributed by atoms with van der Waals surface area (Å²) in [5.41, 5.74) is 0.376. The topological polar surface area (TPSA) is 67.9 Å². The molecular formula is C23H30N2O4S. The molecule has 7 heteroatoms. The predicted octanol–water partition coefficient (Wildman–Crippen LogP) is 4.51. The van der Waals surface area contributed by atoms with Gasteiger partial charge in [-0.25, -0.2) is 4.79 Å². The second kappa shape index (κ2) is 9.60. The molecule has 6 nitrogen and oxygen atoms in total. The van der Waals surface area contributed by atoms with Crippen LogP contribution in [0.2, 0.25) is 0 Å². The summed E-state index contributed by atoms with van der Waals surface area (Å²) < 4.78 is 11.0. The van der Waals surface area contributed by atoms with Crippen molar-refractivity contribution in [2.24, 2.45) is 5.92 Å². The lowest BCUT2D eigenvalue weighted by molar-refractivity contribution is -0.133. The minimum absolute atomic E-state index is 0.109. The van der Waals surface area contributed by atoms with E-state index < -0.39 is 17.6 Å². The number of rotatable bonds is 3. The second-order valence-electron chi connectivity index (χ2n) is 8.70. The van der Waals surface area contributed by atoms with Crippen molar-refractivity contribution in [2.45, 2.75) is 64.1 Å². The van der Waals surface area contributed by atoms with Crippen LogP contribution in [0.5, 0.6) is 0 Å². The summed E-state index contributed by atoms with van der Waals surface area (Å²) in [5, 5.41) is 3.14. The number of benzene rings is 1. The van der Waals surface area contributed by atoms with Crippen LogP contribution in [0.1, 0.15) is 58.1 Å². The molecular weight excluding hydrogens is 400 g/mol. The van der Waals surface area contributed by atoms with Crippen LogP contribution in [-0.2, 0) is 14.3 Å². The first-order valence-electron chi connectivity index (χ1n) is 10.5. The number of thiocarbonyl (C=S) groups is 1. The number of ether oxygens (including phenoxy) is 2. The van der Waals surface area contributed by atoms with Crippen molar-refractivity contribution in [3.05, 3.63) is 48.0 Å². The minimum atomic E-state index is -0.603. The van der Waals surface area contributed by atoms with E-state index in [1.807, 2.05) is 51.1 Å². The predicted molar refractivity (Wildman–Crippen MR) is 119 cm³/mol. The molecule has 3 rings (SSSR count). The first-order chi connectivity index (χ1) is 14.3. The normalized spacial score (nSPS) is 25.6. The quantitative estimate of drug-likeness (QED) is 0.564. The number of nitrogens with zero attached hydrogens (tertiary/aromatic N) is 1. The van der Waals surface area contributed by atoms with E-state index >= 15 is 0 Å². The molecule has 1 aliphatic heterocycles. The Balaban J connectivity index is 1.82. The summed E-state index contributed by atoms with van der Waals surface area (Å²) >= 11 is 5.38. The third kappa shape index (κ3) is 5.59. The smallest absolute Gasteiger partial charge is 0.407 e. The van der Waals surface area contributed by atoms with Crippen LogP contribution in [0.25, 0.3) is 0 Å². The van der Waals surface area contributed by atoms with Crippen molar-refractivity contribution in [2.75, 3.05) is 6.61 Å². The van der Waals surface area contributed by atoms with E-state index in [-0.39, 0.29) is 23.2 Å². The van der Waals surface area contributed by atoms with Crippen LogP contribution in [0.15, 0.2) is 42.5 Å². The van der Waals surface area contributed by atoms with E-state index in [0.717, 1.165) is 18.4 Å². The van der Waals surface area contributed by atoms with Gasteiger partial charge in [-0.15, -0.1) is 0 Å². The largest absolute Gasteiger partial charge is 0.468 e. The summed E-state index contributed by atoms with van der Waals surface area (Å²) in [5.74, 6) is -0.518.